The molecule has 1 heterocycles. The van der Waals surface area contributed by atoms with Crippen LogP contribution in [0, 0.1) is 6.92 Å². The van der Waals surface area contributed by atoms with Crippen molar-refractivity contribution in [2.24, 2.45) is 5.73 Å². The Hall–Kier alpha value is -0.870. The molecule has 1 atom stereocenters. The van der Waals surface area contributed by atoms with Gasteiger partial charge >= 0.3 is 0 Å². The first-order chi connectivity index (χ1) is 6.15. The Morgan fingerprint density at radius 3 is 2.85 bits per heavy atom. The smallest absolute Gasteiger partial charge is 0.252 e. The van der Waals surface area contributed by atoms with Crippen molar-refractivity contribution in [3.63, 3.8) is 0 Å². The molecule has 0 radical (unpaired) electrons. The zero-order chi connectivity index (χ0) is 9.84. The van der Waals surface area contributed by atoms with Gasteiger partial charge in [-0.15, -0.1) is 0 Å². The van der Waals surface area contributed by atoms with Gasteiger partial charge in [0.25, 0.3) is 5.91 Å². The third kappa shape index (κ3) is 2.54. The number of amides is 1. The molecule has 4 heteroatoms. The van der Waals surface area contributed by atoms with Crippen LogP contribution in [0.25, 0.3) is 0 Å². The fraction of sp³-hybridized carbons (Fsp3) is 0.444. The van der Waals surface area contributed by atoms with Gasteiger partial charge in [0.15, 0.2) is 0 Å². The first-order valence-electron chi connectivity index (χ1n) is 4.19. The van der Waals surface area contributed by atoms with Gasteiger partial charge < -0.3 is 11.1 Å². The molecule has 72 valence electrons. The molecule has 1 rings (SSSR count). The molecule has 0 aromatic carbocycles. The van der Waals surface area contributed by atoms with E-state index in [4.69, 9.17) is 5.73 Å². The van der Waals surface area contributed by atoms with Gasteiger partial charge in [-0.05, 0) is 24.8 Å². The summed E-state index contributed by atoms with van der Waals surface area (Å²) in [5, 5.41) is 6.63. The van der Waals surface area contributed by atoms with Crippen molar-refractivity contribution < 1.29 is 4.79 Å². The number of carbonyl (C=O) groups is 1. The normalized spacial score (nSPS) is 12.5. The summed E-state index contributed by atoms with van der Waals surface area (Å²) in [4.78, 5) is 11.5. The summed E-state index contributed by atoms with van der Waals surface area (Å²) in [5.74, 6) is -0.0308. The highest BCUT2D eigenvalue weighted by Crippen LogP contribution is 2.13. The average molecular weight is 198 g/mol. The molecule has 1 aromatic rings. The van der Waals surface area contributed by atoms with Gasteiger partial charge in [0.05, 0.1) is 5.56 Å². The third-order valence-electron chi connectivity index (χ3n) is 1.83. The van der Waals surface area contributed by atoms with Crippen molar-refractivity contribution in [2.75, 3.05) is 6.54 Å². The second kappa shape index (κ2) is 4.39. The number of hydrogen-bond acceptors (Lipinski definition) is 3. The zero-order valence-electron chi connectivity index (χ0n) is 7.83. The number of nitrogens with one attached hydrogen (secondary N) is 1. The van der Waals surface area contributed by atoms with Gasteiger partial charge in [-0.25, -0.2) is 0 Å². The van der Waals surface area contributed by atoms with E-state index in [9.17, 15) is 4.79 Å². The fourth-order valence-corrected chi connectivity index (χ4v) is 1.78. The van der Waals surface area contributed by atoms with E-state index in [0.29, 0.717) is 6.54 Å². The Morgan fingerprint density at radius 2 is 2.38 bits per heavy atom. The SMILES string of the molecule is Cc1cscc1C(=O)N[C@@H](C)CN. The van der Waals surface area contributed by atoms with E-state index in [0.717, 1.165) is 11.1 Å². The zero-order valence-corrected chi connectivity index (χ0v) is 8.65. The molecule has 3 nitrogen and oxygen atoms in total. The van der Waals surface area contributed by atoms with Crippen molar-refractivity contribution in [1.29, 1.82) is 0 Å². The van der Waals surface area contributed by atoms with Crippen LogP contribution >= 0.6 is 11.3 Å². The maximum Gasteiger partial charge on any atom is 0.252 e. The van der Waals surface area contributed by atoms with Crippen LogP contribution in [0.15, 0.2) is 10.8 Å². The highest BCUT2D eigenvalue weighted by atomic mass is 32.1. The van der Waals surface area contributed by atoms with Crippen LogP contribution < -0.4 is 11.1 Å². The van der Waals surface area contributed by atoms with E-state index < -0.39 is 0 Å². The topological polar surface area (TPSA) is 55.1 Å². The second-order valence-corrected chi connectivity index (χ2v) is 3.82. The highest BCUT2D eigenvalue weighted by molar-refractivity contribution is 7.08. The molecule has 13 heavy (non-hydrogen) atoms. The fourth-order valence-electron chi connectivity index (χ4n) is 0.954. The predicted molar refractivity (Wildman–Crippen MR) is 55.0 cm³/mol. The Kier molecular flexibility index (Phi) is 3.45. The molecule has 0 spiro atoms. The summed E-state index contributed by atoms with van der Waals surface area (Å²) in [6.45, 7) is 4.28. The predicted octanol–water partition coefficient (Wildman–Crippen LogP) is 1.13. The molecule has 0 saturated heterocycles. The van der Waals surface area contributed by atoms with Crippen LogP contribution in [0.1, 0.15) is 22.8 Å². The molecular weight excluding hydrogens is 184 g/mol. The van der Waals surface area contributed by atoms with E-state index in [2.05, 4.69) is 5.32 Å². The largest absolute Gasteiger partial charge is 0.348 e. The van der Waals surface area contributed by atoms with E-state index in [1.807, 2.05) is 24.6 Å². The molecule has 0 fully saturated rings. The van der Waals surface area contributed by atoms with E-state index in [1.165, 1.54) is 11.3 Å². The molecule has 0 unspecified atom stereocenters. The molecule has 0 aliphatic carbocycles. The molecule has 3 N–H and O–H groups in total. The number of hydrogen-bond donors (Lipinski definition) is 2. The van der Waals surface area contributed by atoms with Gasteiger partial charge in [0.2, 0.25) is 0 Å². The Bertz CT molecular complexity index is 296. The number of aryl methyl sites for hydroxylation is 1. The van der Waals surface area contributed by atoms with Crippen LogP contribution in [0.5, 0.6) is 0 Å². The van der Waals surface area contributed by atoms with Crippen molar-refractivity contribution in [1.82, 2.24) is 5.32 Å². The van der Waals surface area contributed by atoms with Gasteiger partial charge in [0, 0.05) is 18.0 Å². The van der Waals surface area contributed by atoms with Crippen molar-refractivity contribution in [3.8, 4) is 0 Å². The molecule has 0 aliphatic heterocycles. The number of thiophene rings is 1. The Labute approximate surface area is 81.9 Å². The van der Waals surface area contributed by atoms with Crippen molar-refractivity contribution >= 4 is 17.2 Å². The molecule has 0 aliphatic rings. The standard InChI is InChI=1S/C9H14N2OS/c1-6-4-13-5-8(6)9(12)11-7(2)3-10/h4-5,7H,3,10H2,1-2H3,(H,11,12)/t7-/m0/s1. The van der Waals surface area contributed by atoms with Crippen LogP contribution in [0.3, 0.4) is 0 Å². The summed E-state index contributed by atoms with van der Waals surface area (Å²) >= 11 is 1.54. The highest BCUT2D eigenvalue weighted by Gasteiger charge is 2.11. The van der Waals surface area contributed by atoms with Crippen LogP contribution in [-0.2, 0) is 0 Å². The van der Waals surface area contributed by atoms with Gasteiger partial charge in [-0.1, -0.05) is 0 Å². The third-order valence-corrected chi connectivity index (χ3v) is 2.69. The first-order valence-corrected chi connectivity index (χ1v) is 5.13. The monoisotopic (exact) mass is 198 g/mol. The number of rotatable bonds is 3. The van der Waals surface area contributed by atoms with Crippen molar-refractivity contribution in [3.05, 3.63) is 21.9 Å². The maximum absolute atomic E-state index is 11.5. The summed E-state index contributed by atoms with van der Waals surface area (Å²) in [6, 6.07) is 0.0341. The van der Waals surface area contributed by atoms with E-state index in [-0.39, 0.29) is 11.9 Å². The minimum absolute atomic E-state index is 0.0308. The summed E-state index contributed by atoms with van der Waals surface area (Å²) < 4.78 is 0. The van der Waals surface area contributed by atoms with Gasteiger partial charge in [-0.3, -0.25) is 4.79 Å². The van der Waals surface area contributed by atoms with Gasteiger partial charge in [0.1, 0.15) is 0 Å². The van der Waals surface area contributed by atoms with Crippen LogP contribution in [-0.4, -0.2) is 18.5 Å². The summed E-state index contributed by atoms with van der Waals surface area (Å²) in [6.07, 6.45) is 0. The van der Waals surface area contributed by atoms with Crippen molar-refractivity contribution in [2.45, 2.75) is 19.9 Å². The lowest BCUT2D eigenvalue weighted by atomic mass is 10.2. The molecule has 0 bridgehead atoms. The van der Waals surface area contributed by atoms with Crippen LogP contribution in [0.2, 0.25) is 0 Å². The Morgan fingerprint density at radius 1 is 1.69 bits per heavy atom. The van der Waals surface area contributed by atoms with Gasteiger partial charge in [-0.2, -0.15) is 11.3 Å². The quantitative estimate of drug-likeness (QED) is 0.765. The molecule has 1 amide bonds. The van der Waals surface area contributed by atoms with Crippen LogP contribution in [0.4, 0.5) is 0 Å². The lowest BCUT2D eigenvalue weighted by Crippen LogP contribution is -2.37. The number of carbonyl (C=O) groups excluding carboxylic acids is 1. The minimum Gasteiger partial charge on any atom is -0.348 e. The molecule has 0 saturated carbocycles. The molecule has 1 aromatic heterocycles. The minimum atomic E-state index is -0.0308. The molecular formula is C9H14N2OS. The summed E-state index contributed by atoms with van der Waals surface area (Å²) in [5.41, 5.74) is 7.17. The Balaban J connectivity index is 2.64. The van der Waals surface area contributed by atoms with E-state index in [1.54, 1.807) is 0 Å². The lowest BCUT2D eigenvalue weighted by Gasteiger charge is -2.10. The maximum atomic E-state index is 11.5. The lowest BCUT2D eigenvalue weighted by molar-refractivity contribution is 0.0941. The average Bonchev–Trinajstić information content (AvgIpc) is 2.51. The first kappa shape index (κ1) is 10.2. The second-order valence-electron chi connectivity index (χ2n) is 3.08. The number of nitrogens with two attached hydrogens (primary N) is 1. The van der Waals surface area contributed by atoms with E-state index >= 15 is 0 Å². The summed E-state index contributed by atoms with van der Waals surface area (Å²) in [7, 11) is 0.